The highest BCUT2D eigenvalue weighted by molar-refractivity contribution is 5.68. The molecule has 0 aliphatic carbocycles. The molecule has 1 rings (SSSR count). The van der Waals surface area contributed by atoms with Crippen LogP contribution in [0.2, 0.25) is 0 Å². The van der Waals surface area contributed by atoms with Gasteiger partial charge in [0.25, 0.3) is 0 Å². The summed E-state index contributed by atoms with van der Waals surface area (Å²) in [6.07, 6.45) is 3.73. The molecule has 6 nitrogen and oxygen atoms in total. The number of carbonyl (C=O) groups is 1. The highest BCUT2D eigenvalue weighted by Crippen LogP contribution is 2.25. The van der Waals surface area contributed by atoms with Gasteiger partial charge in [-0.25, -0.2) is 9.78 Å². The molecule has 2 N–H and O–H groups in total. The lowest BCUT2D eigenvalue weighted by Gasteiger charge is -2.30. The molecule has 0 radical (unpaired) electrons. The number of carbonyl (C=O) groups excluding carboxylic acids is 1. The van der Waals surface area contributed by atoms with Crippen molar-refractivity contribution in [2.75, 3.05) is 6.61 Å². The first kappa shape index (κ1) is 17.5. The van der Waals surface area contributed by atoms with Gasteiger partial charge in [0.2, 0.25) is 0 Å². The second kappa shape index (κ2) is 6.47. The quantitative estimate of drug-likeness (QED) is 0.876. The van der Waals surface area contributed by atoms with Gasteiger partial charge >= 0.3 is 6.09 Å². The Bertz CT molecular complexity index is 475. The molecule has 1 aromatic heterocycles. The lowest BCUT2D eigenvalue weighted by atomic mass is 10.0. The Morgan fingerprint density at radius 3 is 2.52 bits per heavy atom. The largest absolute Gasteiger partial charge is 0.444 e. The van der Waals surface area contributed by atoms with Crippen LogP contribution in [0, 0.1) is 0 Å². The molecule has 0 saturated heterocycles. The first-order valence-electron chi connectivity index (χ1n) is 7.24. The van der Waals surface area contributed by atoms with Gasteiger partial charge in [-0.15, -0.1) is 0 Å². The van der Waals surface area contributed by atoms with Gasteiger partial charge in [0.15, 0.2) is 0 Å². The van der Waals surface area contributed by atoms with Crippen LogP contribution >= 0.6 is 0 Å². The number of hydrogen-bond acceptors (Lipinski definition) is 4. The zero-order valence-electron chi connectivity index (χ0n) is 13.8. The van der Waals surface area contributed by atoms with Crippen molar-refractivity contribution in [3.63, 3.8) is 0 Å². The molecule has 120 valence electrons. The van der Waals surface area contributed by atoms with E-state index in [0.717, 1.165) is 12.1 Å². The second-order valence-corrected chi connectivity index (χ2v) is 6.74. The second-order valence-electron chi connectivity index (χ2n) is 6.74. The van der Waals surface area contributed by atoms with Gasteiger partial charge < -0.3 is 19.7 Å². The van der Waals surface area contributed by atoms with Crippen molar-refractivity contribution < 1.29 is 14.6 Å². The van der Waals surface area contributed by atoms with Crippen LogP contribution in [0.5, 0.6) is 0 Å². The maximum absolute atomic E-state index is 11.9. The smallest absolute Gasteiger partial charge is 0.408 e. The van der Waals surface area contributed by atoms with E-state index < -0.39 is 17.7 Å². The van der Waals surface area contributed by atoms with Gasteiger partial charge in [0.05, 0.1) is 30.9 Å². The van der Waals surface area contributed by atoms with Crippen molar-refractivity contribution in [3.8, 4) is 0 Å². The Hall–Kier alpha value is -1.56. The maximum Gasteiger partial charge on any atom is 0.408 e. The predicted octanol–water partition coefficient (Wildman–Crippen LogP) is 2.59. The van der Waals surface area contributed by atoms with E-state index in [0.29, 0.717) is 0 Å². The molecule has 0 aliphatic heterocycles. The summed E-state index contributed by atoms with van der Waals surface area (Å²) in [6.45, 7) is 11.4. The summed E-state index contributed by atoms with van der Waals surface area (Å²) in [4.78, 5) is 16.0. The molecule has 6 heteroatoms. The Morgan fingerprint density at radius 2 is 2.05 bits per heavy atom. The molecule has 21 heavy (non-hydrogen) atoms. The van der Waals surface area contributed by atoms with Crippen LogP contribution in [0.1, 0.15) is 59.7 Å². The van der Waals surface area contributed by atoms with Crippen LogP contribution in [0.4, 0.5) is 4.79 Å². The lowest BCUT2D eigenvalue weighted by molar-refractivity contribution is 0.0476. The number of nitrogens with zero attached hydrogens (tertiary/aromatic N) is 2. The number of nitrogens with one attached hydrogen (secondary N) is 1. The molecule has 0 spiro atoms. The summed E-state index contributed by atoms with van der Waals surface area (Å²) in [7, 11) is 0. The summed E-state index contributed by atoms with van der Waals surface area (Å²) in [6, 6.07) is -0.548. The maximum atomic E-state index is 11.9. The zero-order chi connectivity index (χ0) is 16.3. The number of hydrogen-bond donors (Lipinski definition) is 2. The molecule has 1 amide bonds. The third-order valence-electron chi connectivity index (χ3n) is 3.42. The van der Waals surface area contributed by atoms with Gasteiger partial charge in [-0.2, -0.15) is 0 Å². The normalized spacial score (nSPS) is 13.9. The van der Waals surface area contributed by atoms with Gasteiger partial charge in [-0.1, -0.05) is 6.92 Å². The van der Waals surface area contributed by atoms with Crippen molar-refractivity contribution in [1.82, 2.24) is 14.9 Å². The molecule has 1 aromatic rings. The minimum absolute atomic E-state index is 0.144. The van der Waals surface area contributed by atoms with E-state index in [9.17, 15) is 9.90 Å². The molecular weight excluding hydrogens is 270 g/mol. The first-order valence-corrected chi connectivity index (χ1v) is 7.24. The molecule has 0 bridgehead atoms. The minimum atomic E-state index is -0.576. The van der Waals surface area contributed by atoms with Gasteiger partial charge in [-0.3, -0.25) is 0 Å². The Labute approximate surface area is 126 Å². The molecule has 1 heterocycles. The number of imidazole rings is 1. The zero-order valence-corrected chi connectivity index (χ0v) is 13.8. The fourth-order valence-corrected chi connectivity index (χ4v) is 1.90. The number of aliphatic hydroxyl groups is 1. The highest BCUT2D eigenvalue weighted by atomic mass is 16.6. The number of aliphatic hydroxyl groups excluding tert-OH is 1. The van der Waals surface area contributed by atoms with E-state index in [1.54, 1.807) is 33.3 Å². The molecule has 1 atom stereocenters. The highest BCUT2D eigenvalue weighted by Gasteiger charge is 2.26. The molecule has 0 saturated carbocycles. The molecular formula is C15H27N3O3. The van der Waals surface area contributed by atoms with Crippen LogP contribution in [0.25, 0.3) is 0 Å². The fraction of sp³-hybridized carbons (Fsp3) is 0.733. The van der Waals surface area contributed by atoms with Crippen LogP contribution < -0.4 is 5.32 Å². The third-order valence-corrected chi connectivity index (χ3v) is 3.42. The number of rotatable bonds is 5. The summed E-state index contributed by atoms with van der Waals surface area (Å²) < 4.78 is 7.21. The Balaban J connectivity index is 2.92. The number of alkyl carbamates (subject to hydrolysis) is 1. The summed E-state index contributed by atoms with van der Waals surface area (Å²) in [5.74, 6) is 0. The van der Waals surface area contributed by atoms with E-state index >= 15 is 0 Å². The first-order chi connectivity index (χ1) is 9.60. The van der Waals surface area contributed by atoms with Crippen molar-refractivity contribution in [2.45, 2.75) is 65.1 Å². The number of amides is 1. The van der Waals surface area contributed by atoms with Crippen LogP contribution in [0.15, 0.2) is 12.5 Å². The monoisotopic (exact) mass is 297 g/mol. The summed E-state index contributed by atoms with van der Waals surface area (Å²) >= 11 is 0. The van der Waals surface area contributed by atoms with Crippen molar-refractivity contribution in [1.29, 1.82) is 0 Å². The van der Waals surface area contributed by atoms with E-state index in [4.69, 9.17) is 4.74 Å². The SMILES string of the molecule is CCC(C)(C)n1cncc1C(CO)NC(=O)OC(C)(C)C. The van der Waals surface area contributed by atoms with E-state index in [-0.39, 0.29) is 12.1 Å². The standard InChI is InChI=1S/C15H27N3O3/c1-7-15(5,6)18-10-16-8-12(18)11(9-19)17-13(20)21-14(2,3)4/h8,10-11,19H,7,9H2,1-6H3,(H,17,20). The van der Waals surface area contributed by atoms with Crippen LogP contribution in [0.3, 0.4) is 0 Å². The average Bonchev–Trinajstić information content (AvgIpc) is 2.83. The topological polar surface area (TPSA) is 76.4 Å². The van der Waals surface area contributed by atoms with Crippen molar-refractivity contribution >= 4 is 6.09 Å². The number of ether oxygens (including phenoxy) is 1. The summed E-state index contributed by atoms with van der Waals surface area (Å²) in [5, 5.41) is 12.3. The Morgan fingerprint density at radius 1 is 1.43 bits per heavy atom. The lowest BCUT2D eigenvalue weighted by Crippen LogP contribution is -2.38. The fourth-order valence-electron chi connectivity index (χ4n) is 1.90. The van der Waals surface area contributed by atoms with Crippen molar-refractivity contribution in [3.05, 3.63) is 18.2 Å². The van der Waals surface area contributed by atoms with E-state index in [1.807, 2.05) is 4.57 Å². The van der Waals surface area contributed by atoms with E-state index in [1.165, 1.54) is 0 Å². The predicted molar refractivity (Wildman–Crippen MR) is 81.0 cm³/mol. The van der Waals surface area contributed by atoms with Gasteiger partial charge in [0.1, 0.15) is 5.60 Å². The minimum Gasteiger partial charge on any atom is -0.444 e. The van der Waals surface area contributed by atoms with Crippen LogP contribution in [-0.2, 0) is 10.3 Å². The number of aromatic nitrogens is 2. The van der Waals surface area contributed by atoms with Gasteiger partial charge in [-0.05, 0) is 41.0 Å². The van der Waals surface area contributed by atoms with E-state index in [2.05, 4.69) is 31.1 Å². The molecule has 0 fully saturated rings. The van der Waals surface area contributed by atoms with Gasteiger partial charge in [0, 0.05) is 5.54 Å². The average molecular weight is 297 g/mol. The molecule has 1 unspecified atom stereocenters. The molecule has 0 aromatic carbocycles. The Kier molecular flexibility index (Phi) is 5.39. The molecule has 0 aliphatic rings. The third kappa shape index (κ3) is 4.74. The van der Waals surface area contributed by atoms with Crippen molar-refractivity contribution in [2.24, 2.45) is 0 Å². The van der Waals surface area contributed by atoms with Crippen LogP contribution in [-0.4, -0.2) is 33.0 Å². The summed E-state index contributed by atoms with van der Waals surface area (Å²) in [5.41, 5.74) is 0.0391.